The molecule has 1 saturated heterocycles. The minimum Gasteiger partial charge on any atom is -0.408 e. The van der Waals surface area contributed by atoms with Crippen molar-refractivity contribution in [3.05, 3.63) is 64.4 Å². The summed E-state index contributed by atoms with van der Waals surface area (Å²) in [6, 6.07) is 12.3. The van der Waals surface area contributed by atoms with Crippen molar-refractivity contribution >= 4 is 28.6 Å². The zero-order valence-electron chi connectivity index (χ0n) is 16.3. The molecule has 2 aliphatic heterocycles. The molecule has 0 radical (unpaired) electrons. The van der Waals surface area contributed by atoms with Gasteiger partial charge in [0.1, 0.15) is 11.9 Å². The molecule has 1 unspecified atom stereocenters. The molecular weight excluding hydrogens is 405 g/mol. The predicted octanol–water partition coefficient (Wildman–Crippen LogP) is 4.01. The average molecular weight is 428 g/mol. The fourth-order valence-electron chi connectivity index (χ4n) is 4.02. The first-order valence-electron chi connectivity index (χ1n) is 10.1. The van der Waals surface area contributed by atoms with E-state index in [1.807, 2.05) is 42.1 Å². The van der Waals surface area contributed by atoms with Crippen LogP contribution in [0.25, 0.3) is 11.1 Å². The molecule has 1 fully saturated rings. The van der Waals surface area contributed by atoms with Crippen LogP contribution < -0.4 is 5.76 Å². The fraction of sp³-hybridized carbons (Fsp3) is 0.364. The highest BCUT2D eigenvalue weighted by molar-refractivity contribution is 8.00. The van der Waals surface area contributed by atoms with E-state index in [0.717, 1.165) is 55.1 Å². The lowest BCUT2D eigenvalue weighted by molar-refractivity contribution is 0.0477. The SMILES string of the molecule is O=c1[nH]c2ccc(C3=NOC(CN4CCC(Sc5ccc(F)cc5)CC4)C3)cc2o1. The lowest BCUT2D eigenvalue weighted by atomic mass is 10.0. The summed E-state index contributed by atoms with van der Waals surface area (Å²) in [5.74, 6) is -0.643. The normalized spacial score (nSPS) is 20.4. The van der Waals surface area contributed by atoms with Crippen molar-refractivity contribution in [2.24, 2.45) is 5.16 Å². The molecule has 1 N–H and O–H groups in total. The Bertz CT molecular complexity index is 1120. The van der Waals surface area contributed by atoms with E-state index < -0.39 is 5.76 Å². The molecule has 0 amide bonds. The zero-order chi connectivity index (χ0) is 20.5. The number of hydrogen-bond donors (Lipinski definition) is 1. The number of aromatic nitrogens is 1. The first kappa shape index (κ1) is 19.4. The second kappa shape index (κ2) is 8.28. The number of likely N-dealkylation sites (tertiary alicyclic amines) is 1. The van der Waals surface area contributed by atoms with Gasteiger partial charge in [-0.15, -0.1) is 11.8 Å². The monoisotopic (exact) mass is 427 g/mol. The Labute approximate surface area is 177 Å². The minimum atomic E-state index is -0.453. The molecule has 5 rings (SSSR count). The molecule has 156 valence electrons. The van der Waals surface area contributed by atoms with Crippen LogP contribution >= 0.6 is 11.8 Å². The quantitative estimate of drug-likeness (QED) is 0.666. The standard InChI is InChI=1S/C22H22FN3O3S/c23-15-2-4-17(5-3-15)30-18-7-9-26(10-8-18)13-16-12-20(25-29-16)14-1-6-19-21(11-14)28-22(27)24-19/h1-6,11,16,18H,7-10,12-13H2,(H,24,27). The van der Waals surface area contributed by atoms with Gasteiger partial charge in [0.25, 0.3) is 0 Å². The summed E-state index contributed by atoms with van der Waals surface area (Å²) in [6.45, 7) is 2.89. The Morgan fingerprint density at radius 1 is 1.17 bits per heavy atom. The second-order valence-corrected chi connectivity index (χ2v) is 9.14. The number of oxazole rings is 1. The number of hydrogen-bond acceptors (Lipinski definition) is 6. The van der Waals surface area contributed by atoms with Crippen LogP contribution in [0.4, 0.5) is 4.39 Å². The summed E-state index contributed by atoms with van der Waals surface area (Å²) in [7, 11) is 0. The third-order valence-corrected chi connectivity index (χ3v) is 6.95. The fourth-order valence-corrected chi connectivity index (χ4v) is 5.15. The molecule has 0 spiro atoms. The maximum atomic E-state index is 13.1. The van der Waals surface area contributed by atoms with Crippen molar-refractivity contribution in [3.63, 3.8) is 0 Å². The molecular formula is C22H22FN3O3S. The molecule has 30 heavy (non-hydrogen) atoms. The van der Waals surface area contributed by atoms with Crippen LogP contribution in [-0.2, 0) is 4.84 Å². The van der Waals surface area contributed by atoms with Crippen LogP contribution in [0, 0.1) is 5.82 Å². The lowest BCUT2D eigenvalue weighted by Crippen LogP contribution is -2.39. The van der Waals surface area contributed by atoms with Crippen molar-refractivity contribution in [2.45, 2.75) is 35.5 Å². The largest absolute Gasteiger partial charge is 0.417 e. The van der Waals surface area contributed by atoms with Crippen molar-refractivity contribution < 1.29 is 13.6 Å². The Balaban J connectivity index is 1.12. The number of rotatable bonds is 5. The van der Waals surface area contributed by atoms with Gasteiger partial charge in [0.05, 0.1) is 11.2 Å². The number of halogens is 1. The van der Waals surface area contributed by atoms with Gasteiger partial charge in [-0.1, -0.05) is 11.2 Å². The number of thioether (sulfide) groups is 1. The van der Waals surface area contributed by atoms with Crippen LogP contribution in [-0.4, -0.2) is 46.6 Å². The maximum Gasteiger partial charge on any atom is 0.417 e. The zero-order valence-corrected chi connectivity index (χ0v) is 17.2. The van der Waals surface area contributed by atoms with Crippen LogP contribution in [0.15, 0.2) is 61.7 Å². The van der Waals surface area contributed by atoms with E-state index in [2.05, 4.69) is 15.0 Å². The molecule has 1 atom stereocenters. The summed E-state index contributed by atoms with van der Waals surface area (Å²) < 4.78 is 18.2. The molecule has 3 heterocycles. The maximum absolute atomic E-state index is 13.1. The van der Waals surface area contributed by atoms with Crippen molar-refractivity contribution in [1.82, 2.24) is 9.88 Å². The molecule has 2 aromatic carbocycles. The highest BCUT2D eigenvalue weighted by Crippen LogP contribution is 2.31. The molecule has 1 aromatic heterocycles. The van der Waals surface area contributed by atoms with E-state index in [4.69, 9.17) is 9.25 Å². The van der Waals surface area contributed by atoms with Crippen LogP contribution in [0.3, 0.4) is 0 Å². The van der Waals surface area contributed by atoms with E-state index in [-0.39, 0.29) is 11.9 Å². The Morgan fingerprint density at radius 3 is 2.77 bits per heavy atom. The van der Waals surface area contributed by atoms with Gasteiger partial charge in [-0.3, -0.25) is 9.88 Å². The van der Waals surface area contributed by atoms with E-state index in [9.17, 15) is 9.18 Å². The van der Waals surface area contributed by atoms with Crippen molar-refractivity contribution in [3.8, 4) is 0 Å². The van der Waals surface area contributed by atoms with E-state index >= 15 is 0 Å². The highest BCUT2D eigenvalue weighted by atomic mass is 32.2. The van der Waals surface area contributed by atoms with Gasteiger partial charge in [-0.25, -0.2) is 9.18 Å². The summed E-state index contributed by atoms with van der Waals surface area (Å²) in [5, 5.41) is 4.83. The first-order chi connectivity index (χ1) is 14.6. The average Bonchev–Trinajstić information content (AvgIpc) is 3.36. The number of nitrogens with zero attached hydrogens (tertiary/aromatic N) is 2. The number of fused-ring (bicyclic) bond motifs is 1. The number of piperidine rings is 1. The highest BCUT2D eigenvalue weighted by Gasteiger charge is 2.27. The number of H-pyrrole nitrogens is 1. The molecule has 6 nitrogen and oxygen atoms in total. The van der Waals surface area contributed by atoms with Gasteiger partial charge >= 0.3 is 5.76 Å². The molecule has 0 saturated carbocycles. The molecule has 2 aliphatic rings. The summed E-state index contributed by atoms with van der Waals surface area (Å²) in [5.41, 5.74) is 3.01. The predicted molar refractivity (Wildman–Crippen MR) is 115 cm³/mol. The van der Waals surface area contributed by atoms with E-state index in [1.165, 1.54) is 12.1 Å². The Hall–Kier alpha value is -2.58. The van der Waals surface area contributed by atoms with Crippen LogP contribution in [0.1, 0.15) is 24.8 Å². The second-order valence-electron chi connectivity index (χ2n) is 7.77. The van der Waals surface area contributed by atoms with E-state index in [1.54, 1.807) is 0 Å². The molecule has 3 aromatic rings. The first-order valence-corrected chi connectivity index (χ1v) is 11.0. The number of oxime groups is 1. The summed E-state index contributed by atoms with van der Waals surface area (Å²) >= 11 is 1.84. The smallest absolute Gasteiger partial charge is 0.408 e. The number of nitrogens with one attached hydrogen (secondary N) is 1. The van der Waals surface area contributed by atoms with Crippen LogP contribution in [0.2, 0.25) is 0 Å². The summed E-state index contributed by atoms with van der Waals surface area (Å²) in [6.07, 6.45) is 2.98. The number of benzene rings is 2. The number of aromatic amines is 1. The topological polar surface area (TPSA) is 70.8 Å². The lowest BCUT2D eigenvalue weighted by Gasteiger charge is -2.32. The van der Waals surface area contributed by atoms with Crippen molar-refractivity contribution in [1.29, 1.82) is 0 Å². The Morgan fingerprint density at radius 2 is 1.97 bits per heavy atom. The van der Waals surface area contributed by atoms with Gasteiger partial charge in [-0.2, -0.15) is 0 Å². The molecule has 0 bridgehead atoms. The van der Waals surface area contributed by atoms with Gasteiger partial charge in [0, 0.05) is 28.7 Å². The van der Waals surface area contributed by atoms with Crippen molar-refractivity contribution in [2.75, 3.05) is 19.6 Å². The third kappa shape index (κ3) is 4.29. The van der Waals surface area contributed by atoms with Crippen LogP contribution in [0.5, 0.6) is 0 Å². The van der Waals surface area contributed by atoms with E-state index in [0.29, 0.717) is 16.3 Å². The third-order valence-electron chi connectivity index (χ3n) is 5.60. The Kier molecular flexibility index (Phi) is 5.35. The summed E-state index contributed by atoms with van der Waals surface area (Å²) in [4.78, 5) is 23.2. The minimum absolute atomic E-state index is 0.0373. The molecule has 0 aliphatic carbocycles. The van der Waals surface area contributed by atoms with Gasteiger partial charge in [-0.05, 0) is 62.3 Å². The van der Waals surface area contributed by atoms with Gasteiger partial charge in [0.15, 0.2) is 5.58 Å². The van der Waals surface area contributed by atoms with Gasteiger partial charge < -0.3 is 9.25 Å². The van der Waals surface area contributed by atoms with Gasteiger partial charge in [0.2, 0.25) is 0 Å². The molecule has 8 heteroatoms.